The van der Waals surface area contributed by atoms with Crippen LogP contribution in [0.15, 0.2) is 42.6 Å². The second-order valence-electron chi connectivity index (χ2n) is 4.91. The largest absolute Gasteiger partial charge is 0.493 e. The van der Waals surface area contributed by atoms with Gasteiger partial charge in [0.05, 0.1) is 15.6 Å². The van der Waals surface area contributed by atoms with E-state index in [-0.39, 0.29) is 0 Å². The molecule has 0 radical (unpaired) electrons. The molecule has 0 saturated heterocycles. The fraction of sp³-hybridized carbons (Fsp3) is 0.176. The van der Waals surface area contributed by atoms with Crippen molar-refractivity contribution in [3.05, 3.63) is 73.0 Å². The van der Waals surface area contributed by atoms with E-state index in [1.165, 1.54) is 11.6 Å². The van der Waals surface area contributed by atoms with Gasteiger partial charge in [-0.2, -0.15) is 0 Å². The van der Waals surface area contributed by atoms with Crippen LogP contribution < -0.4 is 9.47 Å². The molecule has 0 heterocycles. The highest BCUT2D eigenvalue weighted by atomic mass is 127. The smallest absolute Gasteiger partial charge is 0.235 e. The third-order valence-corrected chi connectivity index (χ3v) is 3.95. The third-order valence-electron chi connectivity index (χ3n) is 3.14. The van der Waals surface area contributed by atoms with E-state index >= 15 is 0 Å². The van der Waals surface area contributed by atoms with E-state index in [4.69, 9.17) is 9.47 Å². The van der Waals surface area contributed by atoms with E-state index in [9.17, 15) is 10.1 Å². The van der Waals surface area contributed by atoms with Crippen LogP contribution in [0, 0.1) is 20.6 Å². The fourth-order valence-electron chi connectivity index (χ4n) is 1.96. The number of methoxy groups -OCH3 is 1. The molecule has 0 amide bonds. The van der Waals surface area contributed by atoms with Gasteiger partial charge in [0.25, 0.3) is 0 Å². The van der Waals surface area contributed by atoms with E-state index in [2.05, 4.69) is 22.6 Å². The number of rotatable bonds is 6. The summed E-state index contributed by atoms with van der Waals surface area (Å²) in [6.07, 6.45) is 2.33. The van der Waals surface area contributed by atoms with Gasteiger partial charge < -0.3 is 9.47 Å². The predicted molar refractivity (Wildman–Crippen MR) is 97.3 cm³/mol. The van der Waals surface area contributed by atoms with Crippen LogP contribution in [0.2, 0.25) is 0 Å². The first-order valence-electron chi connectivity index (χ1n) is 6.87. The zero-order valence-corrected chi connectivity index (χ0v) is 14.9. The molecular formula is C17H16INO4. The molecule has 23 heavy (non-hydrogen) atoms. The topological polar surface area (TPSA) is 61.6 Å². The Hall–Kier alpha value is -2.09. The predicted octanol–water partition coefficient (Wildman–Crippen LogP) is 4.43. The molecule has 0 aromatic heterocycles. The number of nitro groups is 1. The van der Waals surface area contributed by atoms with Crippen molar-refractivity contribution in [1.29, 1.82) is 0 Å². The van der Waals surface area contributed by atoms with Gasteiger partial charge in [-0.05, 0) is 52.8 Å². The average molecular weight is 425 g/mol. The summed E-state index contributed by atoms with van der Waals surface area (Å²) in [7, 11) is 1.55. The Morgan fingerprint density at radius 1 is 1.26 bits per heavy atom. The SMILES string of the molecule is COc1cc(/C=C/[N+](=O)[O-])cc(I)c1OCc1ccc(C)cc1. The van der Waals surface area contributed by atoms with Gasteiger partial charge in [0.1, 0.15) is 6.61 Å². The van der Waals surface area contributed by atoms with E-state index in [0.717, 1.165) is 15.3 Å². The van der Waals surface area contributed by atoms with E-state index < -0.39 is 4.92 Å². The summed E-state index contributed by atoms with van der Waals surface area (Å²) in [6.45, 7) is 2.46. The minimum absolute atomic E-state index is 0.427. The fourth-order valence-corrected chi connectivity index (χ4v) is 2.74. The summed E-state index contributed by atoms with van der Waals surface area (Å²) < 4.78 is 12.1. The molecule has 0 aliphatic heterocycles. The average Bonchev–Trinajstić information content (AvgIpc) is 2.53. The highest BCUT2D eigenvalue weighted by Gasteiger charge is 2.11. The van der Waals surface area contributed by atoms with Crippen LogP contribution in [-0.2, 0) is 6.61 Å². The van der Waals surface area contributed by atoms with Crippen LogP contribution in [0.5, 0.6) is 11.5 Å². The maximum atomic E-state index is 10.4. The minimum atomic E-state index is -0.499. The highest BCUT2D eigenvalue weighted by molar-refractivity contribution is 14.1. The lowest BCUT2D eigenvalue weighted by molar-refractivity contribution is -0.400. The monoisotopic (exact) mass is 425 g/mol. The van der Waals surface area contributed by atoms with Crippen LogP contribution in [-0.4, -0.2) is 12.0 Å². The first-order valence-corrected chi connectivity index (χ1v) is 7.95. The summed E-state index contributed by atoms with van der Waals surface area (Å²) in [5.41, 5.74) is 2.94. The van der Waals surface area contributed by atoms with Gasteiger partial charge in [0.2, 0.25) is 6.20 Å². The Kier molecular flexibility index (Phi) is 5.97. The molecule has 0 N–H and O–H groups in total. The number of ether oxygens (including phenoxy) is 2. The van der Waals surface area contributed by atoms with Crippen molar-refractivity contribution in [3.8, 4) is 11.5 Å². The van der Waals surface area contributed by atoms with E-state index in [1.54, 1.807) is 13.2 Å². The first kappa shape index (κ1) is 17.3. The maximum Gasteiger partial charge on any atom is 0.235 e. The molecule has 0 bridgehead atoms. The van der Waals surface area contributed by atoms with Crippen molar-refractivity contribution in [1.82, 2.24) is 0 Å². The number of halogens is 1. The van der Waals surface area contributed by atoms with Crippen LogP contribution in [0.25, 0.3) is 6.08 Å². The molecular weight excluding hydrogens is 409 g/mol. The third kappa shape index (κ3) is 4.95. The van der Waals surface area contributed by atoms with Crippen molar-refractivity contribution in [3.63, 3.8) is 0 Å². The van der Waals surface area contributed by atoms with Gasteiger partial charge in [0.15, 0.2) is 11.5 Å². The Morgan fingerprint density at radius 3 is 2.57 bits per heavy atom. The van der Waals surface area contributed by atoms with Crippen LogP contribution >= 0.6 is 22.6 Å². The molecule has 0 saturated carbocycles. The maximum absolute atomic E-state index is 10.4. The second kappa shape index (κ2) is 7.96. The van der Waals surface area contributed by atoms with Gasteiger partial charge in [-0.3, -0.25) is 10.1 Å². The van der Waals surface area contributed by atoms with Crippen molar-refractivity contribution >= 4 is 28.7 Å². The number of aryl methyl sites for hydroxylation is 1. The molecule has 0 unspecified atom stereocenters. The van der Waals surface area contributed by atoms with Crippen molar-refractivity contribution in [2.45, 2.75) is 13.5 Å². The first-order chi connectivity index (χ1) is 11.0. The zero-order chi connectivity index (χ0) is 16.8. The van der Waals surface area contributed by atoms with Gasteiger partial charge >= 0.3 is 0 Å². The minimum Gasteiger partial charge on any atom is -0.493 e. The summed E-state index contributed by atoms with van der Waals surface area (Å²) in [5, 5.41) is 10.4. The molecule has 0 aliphatic rings. The molecule has 5 nitrogen and oxygen atoms in total. The van der Waals surface area contributed by atoms with Crippen molar-refractivity contribution in [2.24, 2.45) is 0 Å². The molecule has 120 valence electrons. The molecule has 2 aromatic carbocycles. The second-order valence-corrected chi connectivity index (χ2v) is 6.07. The van der Waals surface area contributed by atoms with Crippen LogP contribution in [0.3, 0.4) is 0 Å². The summed E-state index contributed by atoms with van der Waals surface area (Å²) in [4.78, 5) is 9.92. The Morgan fingerprint density at radius 2 is 1.96 bits per heavy atom. The van der Waals surface area contributed by atoms with E-state index in [1.807, 2.05) is 37.3 Å². The number of benzene rings is 2. The van der Waals surface area contributed by atoms with Gasteiger partial charge in [-0.15, -0.1) is 0 Å². The van der Waals surface area contributed by atoms with E-state index in [0.29, 0.717) is 23.7 Å². The van der Waals surface area contributed by atoms with Gasteiger partial charge in [-0.1, -0.05) is 29.8 Å². The van der Waals surface area contributed by atoms with Gasteiger partial charge in [-0.25, -0.2) is 0 Å². The summed E-state index contributed by atoms with van der Waals surface area (Å²) in [5.74, 6) is 1.18. The summed E-state index contributed by atoms with van der Waals surface area (Å²) >= 11 is 2.13. The Bertz CT molecular complexity index is 726. The number of nitrogens with zero attached hydrogens (tertiary/aromatic N) is 1. The molecule has 0 aliphatic carbocycles. The molecule has 2 rings (SSSR count). The number of hydrogen-bond donors (Lipinski definition) is 0. The lowest BCUT2D eigenvalue weighted by Gasteiger charge is -2.13. The number of hydrogen-bond acceptors (Lipinski definition) is 4. The van der Waals surface area contributed by atoms with Crippen molar-refractivity contribution in [2.75, 3.05) is 7.11 Å². The van der Waals surface area contributed by atoms with Gasteiger partial charge in [0, 0.05) is 6.08 Å². The highest BCUT2D eigenvalue weighted by Crippen LogP contribution is 2.35. The normalized spacial score (nSPS) is 10.7. The quantitative estimate of drug-likeness (QED) is 0.390. The Balaban J connectivity index is 2.20. The molecule has 0 spiro atoms. The zero-order valence-electron chi connectivity index (χ0n) is 12.8. The Labute approximate surface area is 148 Å². The molecule has 6 heteroatoms. The molecule has 0 fully saturated rings. The lowest BCUT2D eigenvalue weighted by Crippen LogP contribution is -2.00. The summed E-state index contributed by atoms with van der Waals surface area (Å²) in [6, 6.07) is 11.6. The van der Waals surface area contributed by atoms with Crippen LogP contribution in [0.1, 0.15) is 16.7 Å². The molecule has 2 aromatic rings. The lowest BCUT2D eigenvalue weighted by atomic mass is 10.1. The van der Waals surface area contributed by atoms with Crippen LogP contribution in [0.4, 0.5) is 0 Å². The van der Waals surface area contributed by atoms with Crippen molar-refractivity contribution < 1.29 is 14.4 Å². The standard InChI is InChI=1S/C17H16INO4/c1-12-3-5-13(6-4-12)11-23-17-15(18)9-14(7-8-19(20)21)10-16(17)22-2/h3-10H,11H2,1-2H3/b8-7+. The molecule has 0 atom stereocenters.